The highest BCUT2D eigenvalue weighted by Crippen LogP contribution is 2.35. The first-order valence-corrected chi connectivity index (χ1v) is 4.76. The third-order valence-corrected chi connectivity index (χ3v) is 2.20. The van der Waals surface area contributed by atoms with Gasteiger partial charge in [-0.3, -0.25) is 4.79 Å². The largest absolute Gasteiger partial charge is 0.417 e. The van der Waals surface area contributed by atoms with Crippen LogP contribution in [-0.2, 0) is 6.18 Å². The molecule has 2 nitrogen and oxygen atoms in total. The quantitative estimate of drug-likeness (QED) is 0.816. The Bertz CT molecular complexity index is 634. The number of hydrogen-bond donors (Lipinski definition) is 1. The van der Waals surface area contributed by atoms with Gasteiger partial charge in [0.1, 0.15) is 0 Å². The van der Waals surface area contributed by atoms with Crippen molar-refractivity contribution in [2.24, 2.45) is 0 Å². The van der Waals surface area contributed by atoms with Gasteiger partial charge in [0.05, 0.1) is 6.93 Å². The van der Waals surface area contributed by atoms with Crippen LogP contribution in [0.1, 0.15) is 6.93 Å². The zero-order valence-electron chi connectivity index (χ0n) is 9.51. The van der Waals surface area contributed by atoms with Gasteiger partial charge in [-0.15, -0.1) is 0 Å². The smallest absolute Gasteiger partial charge is 0.322 e. The number of H-pyrrole nitrogens is 1. The lowest BCUT2D eigenvalue weighted by molar-refractivity contribution is -0.137. The van der Waals surface area contributed by atoms with Crippen molar-refractivity contribution in [3.63, 3.8) is 0 Å². The van der Waals surface area contributed by atoms with Gasteiger partial charge in [-0.05, 0) is 12.1 Å². The molecular formula is C12H8F3NO. The maximum Gasteiger partial charge on any atom is 0.417 e. The molecule has 1 aromatic carbocycles. The summed E-state index contributed by atoms with van der Waals surface area (Å²) in [5.41, 5.74) is -1.69. The van der Waals surface area contributed by atoms with Crippen molar-refractivity contribution >= 4 is 0 Å². The third-order valence-electron chi connectivity index (χ3n) is 2.20. The minimum Gasteiger partial charge on any atom is -0.322 e. The molecule has 2 aromatic rings. The number of aromatic nitrogens is 1. The Kier molecular flexibility index (Phi) is 2.44. The Balaban J connectivity index is 2.73. The van der Waals surface area contributed by atoms with Crippen LogP contribution in [0.5, 0.6) is 0 Å². The number of hydrogen-bond acceptors (Lipinski definition) is 1. The Hall–Kier alpha value is -2.04. The molecule has 88 valence electrons. The van der Waals surface area contributed by atoms with Crippen molar-refractivity contribution < 1.29 is 14.5 Å². The zero-order valence-corrected chi connectivity index (χ0v) is 8.51. The first kappa shape index (κ1) is 10.1. The average molecular weight is 240 g/mol. The number of benzene rings is 1. The van der Waals surface area contributed by atoms with Crippen molar-refractivity contribution in [1.29, 1.82) is 0 Å². The van der Waals surface area contributed by atoms with Gasteiger partial charge in [-0.2, -0.15) is 13.2 Å². The lowest BCUT2D eigenvalue weighted by Gasteiger charge is -2.12. The van der Waals surface area contributed by atoms with E-state index in [9.17, 15) is 18.0 Å². The highest BCUT2D eigenvalue weighted by atomic mass is 19.4. The molecule has 0 aliphatic carbocycles. The molecule has 0 spiro atoms. The zero-order chi connectivity index (χ0) is 13.3. The molecule has 0 atom stereocenters. The molecule has 0 saturated heterocycles. The van der Waals surface area contributed by atoms with Crippen LogP contribution in [0.3, 0.4) is 0 Å². The normalized spacial score (nSPS) is 12.3. The molecule has 0 radical (unpaired) electrons. The van der Waals surface area contributed by atoms with Crippen molar-refractivity contribution in [3.8, 4) is 11.3 Å². The molecule has 0 unspecified atom stereocenters. The molecule has 0 bridgehead atoms. The summed E-state index contributed by atoms with van der Waals surface area (Å²) in [4.78, 5) is 13.5. The minimum atomic E-state index is -4.64. The van der Waals surface area contributed by atoms with Crippen molar-refractivity contribution in [1.82, 2.24) is 4.98 Å². The van der Waals surface area contributed by atoms with Crippen LogP contribution in [-0.4, -0.2) is 4.98 Å². The molecule has 5 heteroatoms. The second-order valence-corrected chi connectivity index (χ2v) is 3.39. The second kappa shape index (κ2) is 4.08. The number of rotatable bonds is 1. The summed E-state index contributed by atoms with van der Waals surface area (Å²) in [7, 11) is 0. The van der Waals surface area contributed by atoms with Crippen LogP contribution >= 0.6 is 0 Å². The van der Waals surface area contributed by atoms with E-state index in [1.165, 1.54) is 30.3 Å². The summed E-state index contributed by atoms with van der Waals surface area (Å²) in [6, 6.07) is 6.96. The first-order chi connectivity index (χ1) is 8.39. The van der Waals surface area contributed by atoms with E-state index in [-0.39, 0.29) is 11.3 Å². The Morgan fingerprint density at radius 2 is 1.88 bits per heavy atom. The monoisotopic (exact) mass is 240 g/mol. The number of aromatic amines is 1. The van der Waals surface area contributed by atoms with Gasteiger partial charge in [0.15, 0.2) is 0 Å². The van der Waals surface area contributed by atoms with Crippen molar-refractivity contribution in [2.45, 2.75) is 6.18 Å². The predicted molar refractivity (Wildman–Crippen MR) is 57.5 cm³/mol. The van der Waals surface area contributed by atoms with Gasteiger partial charge in [0.2, 0.25) is 5.56 Å². The summed E-state index contributed by atoms with van der Waals surface area (Å²) in [5, 5.41) is 0. The molecule has 1 N–H and O–H groups in total. The molecule has 1 aromatic heterocycles. The molecule has 0 amide bonds. The maximum atomic E-state index is 12.9. The molecule has 0 saturated carbocycles. The summed E-state index contributed by atoms with van der Waals surface area (Å²) in [6.07, 6.45) is -4.64. The SMILES string of the molecule is [2H]c1cccc(-c2cccc(=O)[nH]2)c1C(F)(F)F. The lowest BCUT2D eigenvalue weighted by Crippen LogP contribution is -2.09. The molecule has 1 heterocycles. The molecule has 17 heavy (non-hydrogen) atoms. The summed E-state index contributed by atoms with van der Waals surface area (Å²) in [6.45, 7) is 0. The van der Waals surface area contributed by atoms with E-state index < -0.39 is 23.3 Å². The fourth-order valence-electron chi connectivity index (χ4n) is 1.50. The minimum absolute atomic E-state index is 0.0453. The maximum absolute atomic E-state index is 12.9. The van der Waals surface area contributed by atoms with Crippen LogP contribution < -0.4 is 5.56 Å². The van der Waals surface area contributed by atoms with E-state index in [4.69, 9.17) is 1.37 Å². The summed E-state index contributed by atoms with van der Waals surface area (Å²) in [5.74, 6) is 0. The Labute approximate surface area is 96.1 Å². The number of nitrogens with one attached hydrogen (secondary N) is 1. The van der Waals surface area contributed by atoms with E-state index >= 15 is 0 Å². The van der Waals surface area contributed by atoms with Gasteiger partial charge in [0.25, 0.3) is 0 Å². The van der Waals surface area contributed by atoms with Crippen molar-refractivity contribution in [2.75, 3.05) is 0 Å². The number of alkyl halides is 3. The van der Waals surface area contributed by atoms with E-state index in [2.05, 4.69) is 4.98 Å². The average Bonchev–Trinajstić information content (AvgIpc) is 2.27. The van der Waals surface area contributed by atoms with Crippen LogP contribution in [0.15, 0.2) is 47.2 Å². The predicted octanol–water partition coefficient (Wildman–Crippen LogP) is 3.06. The summed E-state index contributed by atoms with van der Waals surface area (Å²) >= 11 is 0. The van der Waals surface area contributed by atoms with Gasteiger partial charge in [-0.25, -0.2) is 0 Å². The topological polar surface area (TPSA) is 32.9 Å². The molecule has 0 aliphatic rings. The lowest BCUT2D eigenvalue weighted by atomic mass is 10.0. The Morgan fingerprint density at radius 1 is 1.12 bits per heavy atom. The third kappa shape index (κ3) is 2.38. The van der Waals surface area contributed by atoms with Crippen LogP contribution in [0, 0.1) is 0 Å². The van der Waals surface area contributed by atoms with Crippen LogP contribution in [0.2, 0.25) is 0 Å². The van der Waals surface area contributed by atoms with Crippen molar-refractivity contribution in [3.05, 3.63) is 58.4 Å². The van der Waals surface area contributed by atoms with E-state index in [1.54, 1.807) is 0 Å². The van der Waals surface area contributed by atoms with Crippen LogP contribution in [0.4, 0.5) is 13.2 Å². The Morgan fingerprint density at radius 3 is 2.53 bits per heavy atom. The van der Waals surface area contributed by atoms with Gasteiger partial charge >= 0.3 is 6.18 Å². The molecular weight excluding hydrogens is 231 g/mol. The number of pyridine rings is 1. The summed E-state index contributed by atoms with van der Waals surface area (Å²) < 4.78 is 46.0. The van der Waals surface area contributed by atoms with E-state index in [0.29, 0.717) is 0 Å². The number of halogens is 3. The standard InChI is InChI=1S/C12H8F3NO/c13-12(14,15)9-5-2-1-4-8(9)10-6-3-7-11(17)16-10/h1-7H,(H,16,17)/i5D. The fraction of sp³-hybridized carbons (Fsp3) is 0.0833. The van der Waals surface area contributed by atoms with Gasteiger partial charge in [-0.1, -0.05) is 24.3 Å². The van der Waals surface area contributed by atoms with Crippen LogP contribution in [0.25, 0.3) is 11.3 Å². The molecule has 0 fully saturated rings. The molecule has 0 aliphatic heterocycles. The van der Waals surface area contributed by atoms with E-state index in [0.717, 1.165) is 6.07 Å². The second-order valence-electron chi connectivity index (χ2n) is 3.39. The highest BCUT2D eigenvalue weighted by Gasteiger charge is 2.33. The van der Waals surface area contributed by atoms with Gasteiger partial charge < -0.3 is 4.98 Å². The van der Waals surface area contributed by atoms with Gasteiger partial charge in [0, 0.05) is 17.3 Å². The first-order valence-electron chi connectivity index (χ1n) is 5.26. The highest BCUT2D eigenvalue weighted by molar-refractivity contribution is 5.64. The van der Waals surface area contributed by atoms with E-state index in [1.807, 2.05) is 0 Å². The molecule has 2 rings (SSSR count). The fourth-order valence-corrected chi connectivity index (χ4v) is 1.50.